The summed E-state index contributed by atoms with van der Waals surface area (Å²) in [6.07, 6.45) is 0.138. The van der Waals surface area contributed by atoms with Crippen molar-refractivity contribution < 1.29 is 4.79 Å². The third-order valence-electron chi connectivity index (χ3n) is 3.66. The highest BCUT2D eigenvalue weighted by Gasteiger charge is 2.14. The van der Waals surface area contributed by atoms with E-state index in [0.29, 0.717) is 11.6 Å². The highest BCUT2D eigenvalue weighted by molar-refractivity contribution is 5.78. The van der Waals surface area contributed by atoms with Crippen LogP contribution in [-0.4, -0.2) is 25.5 Å². The van der Waals surface area contributed by atoms with Gasteiger partial charge in [-0.2, -0.15) is 4.98 Å². The standard InChI is InChI=1S/C17H19N5O/c1-11-9-12(2)22-17(18-11)20-15(21-22)10-16(23)19-13(3)14-7-5-4-6-8-14/h4-9,13H,10H2,1-3H3,(H,19,23). The number of aromatic nitrogens is 4. The van der Waals surface area contributed by atoms with Crippen LogP contribution in [0.1, 0.15) is 35.7 Å². The van der Waals surface area contributed by atoms with E-state index >= 15 is 0 Å². The first-order chi connectivity index (χ1) is 11.0. The van der Waals surface area contributed by atoms with E-state index in [1.54, 1.807) is 4.52 Å². The third-order valence-corrected chi connectivity index (χ3v) is 3.66. The number of aryl methyl sites for hydroxylation is 2. The Labute approximate surface area is 134 Å². The molecule has 0 radical (unpaired) electrons. The molecule has 0 aliphatic carbocycles. The van der Waals surface area contributed by atoms with Gasteiger partial charge < -0.3 is 5.32 Å². The number of hydrogen-bond acceptors (Lipinski definition) is 4. The zero-order valence-electron chi connectivity index (χ0n) is 13.4. The first kappa shape index (κ1) is 15.1. The van der Waals surface area contributed by atoms with Gasteiger partial charge in [0.2, 0.25) is 5.91 Å². The van der Waals surface area contributed by atoms with E-state index in [-0.39, 0.29) is 18.4 Å². The van der Waals surface area contributed by atoms with Crippen molar-refractivity contribution >= 4 is 11.7 Å². The number of nitrogens with one attached hydrogen (secondary N) is 1. The van der Waals surface area contributed by atoms with Crippen LogP contribution in [0.15, 0.2) is 36.4 Å². The number of hydrogen-bond donors (Lipinski definition) is 1. The van der Waals surface area contributed by atoms with Crippen molar-refractivity contribution in [2.75, 3.05) is 0 Å². The molecule has 1 atom stereocenters. The summed E-state index contributed by atoms with van der Waals surface area (Å²) in [4.78, 5) is 20.9. The number of benzene rings is 1. The Hall–Kier alpha value is -2.76. The summed E-state index contributed by atoms with van der Waals surface area (Å²) < 4.78 is 1.66. The smallest absolute Gasteiger partial charge is 0.252 e. The number of rotatable bonds is 4. The van der Waals surface area contributed by atoms with Gasteiger partial charge >= 0.3 is 0 Å². The van der Waals surface area contributed by atoms with Gasteiger partial charge in [-0.05, 0) is 32.4 Å². The number of amides is 1. The molecule has 0 fully saturated rings. The molecule has 0 aliphatic heterocycles. The molecule has 1 unspecified atom stereocenters. The van der Waals surface area contributed by atoms with Crippen molar-refractivity contribution in [2.24, 2.45) is 0 Å². The van der Waals surface area contributed by atoms with Crippen LogP contribution in [0.2, 0.25) is 0 Å². The predicted octanol–water partition coefficient (Wildman–Crippen LogP) is 2.16. The van der Waals surface area contributed by atoms with Gasteiger partial charge in [0.15, 0.2) is 5.82 Å². The number of fused-ring (bicyclic) bond motifs is 1. The normalized spacial score (nSPS) is 12.3. The molecular formula is C17H19N5O. The van der Waals surface area contributed by atoms with Crippen LogP contribution >= 0.6 is 0 Å². The Balaban J connectivity index is 1.72. The summed E-state index contributed by atoms with van der Waals surface area (Å²) in [5.74, 6) is 0.900. The molecule has 0 saturated carbocycles. The minimum Gasteiger partial charge on any atom is -0.349 e. The molecule has 1 N–H and O–H groups in total. The molecule has 0 saturated heterocycles. The molecule has 0 bridgehead atoms. The van der Waals surface area contributed by atoms with Crippen molar-refractivity contribution in [3.63, 3.8) is 0 Å². The Morgan fingerprint density at radius 1 is 1.22 bits per heavy atom. The Bertz CT molecular complexity index is 841. The van der Waals surface area contributed by atoms with Gasteiger partial charge in [0.05, 0.1) is 12.5 Å². The molecule has 3 rings (SSSR count). The van der Waals surface area contributed by atoms with Gasteiger partial charge in [-0.1, -0.05) is 30.3 Å². The Morgan fingerprint density at radius 2 is 1.96 bits per heavy atom. The van der Waals surface area contributed by atoms with Gasteiger partial charge in [-0.3, -0.25) is 4.79 Å². The van der Waals surface area contributed by atoms with Gasteiger partial charge in [-0.25, -0.2) is 9.50 Å². The maximum Gasteiger partial charge on any atom is 0.252 e. The van der Waals surface area contributed by atoms with Crippen molar-refractivity contribution in [3.8, 4) is 0 Å². The van der Waals surface area contributed by atoms with Crippen LogP contribution in [0.25, 0.3) is 5.78 Å². The Morgan fingerprint density at radius 3 is 2.70 bits per heavy atom. The molecular weight excluding hydrogens is 290 g/mol. The molecule has 0 aliphatic rings. The zero-order chi connectivity index (χ0) is 16.4. The summed E-state index contributed by atoms with van der Waals surface area (Å²) >= 11 is 0. The molecule has 118 valence electrons. The lowest BCUT2D eigenvalue weighted by Crippen LogP contribution is -2.28. The van der Waals surface area contributed by atoms with Crippen molar-refractivity contribution in [1.82, 2.24) is 24.9 Å². The lowest BCUT2D eigenvalue weighted by Gasteiger charge is -2.13. The Kier molecular flexibility index (Phi) is 4.06. The molecule has 23 heavy (non-hydrogen) atoms. The van der Waals surface area contributed by atoms with E-state index in [2.05, 4.69) is 20.4 Å². The van der Waals surface area contributed by atoms with Crippen LogP contribution in [0.5, 0.6) is 0 Å². The fourth-order valence-electron chi connectivity index (χ4n) is 2.54. The fourth-order valence-corrected chi connectivity index (χ4v) is 2.54. The molecule has 0 spiro atoms. The number of carbonyl (C=O) groups excluding carboxylic acids is 1. The van der Waals surface area contributed by atoms with Crippen LogP contribution < -0.4 is 5.32 Å². The minimum atomic E-state index is -0.105. The summed E-state index contributed by atoms with van der Waals surface area (Å²) in [6, 6.07) is 11.7. The molecule has 3 aromatic rings. The highest BCUT2D eigenvalue weighted by atomic mass is 16.1. The van der Waals surface area contributed by atoms with E-state index in [0.717, 1.165) is 17.0 Å². The fraction of sp³-hybridized carbons (Fsp3) is 0.294. The molecule has 1 amide bonds. The lowest BCUT2D eigenvalue weighted by molar-refractivity contribution is -0.121. The van der Waals surface area contributed by atoms with E-state index in [9.17, 15) is 4.79 Å². The number of nitrogens with zero attached hydrogens (tertiary/aromatic N) is 4. The second kappa shape index (κ2) is 6.16. The van der Waals surface area contributed by atoms with Crippen LogP contribution in [-0.2, 0) is 11.2 Å². The largest absolute Gasteiger partial charge is 0.349 e. The van der Waals surface area contributed by atoms with Crippen molar-refractivity contribution in [2.45, 2.75) is 33.2 Å². The van der Waals surface area contributed by atoms with Gasteiger partial charge in [0.1, 0.15) is 0 Å². The van der Waals surface area contributed by atoms with Crippen molar-refractivity contribution in [3.05, 3.63) is 59.2 Å². The lowest BCUT2D eigenvalue weighted by atomic mass is 10.1. The molecule has 6 heteroatoms. The highest BCUT2D eigenvalue weighted by Crippen LogP contribution is 2.11. The first-order valence-electron chi connectivity index (χ1n) is 7.57. The second-order valence-electron chi connectivity index (χ2n) is 5.66. The summed E-state index contributed by atoms with van der Waals surface area (Å²) in [6.45, 7) is 5.81. The SMILES string of the molecule is Cc1cc(C)n2nc(CC(=O)NC(C)c3ccccc3)nc2n1. The average molecular weight is 309 g/mol. The van der Waals surface area contributed by atoms with Crippen LogP contribution in [0.3, 0.4) is 0 Å². The topological polar surface area (TPSA) is 72.2 Å². The monoisotopic (exact) mass is 309 g/mol. The zero-order valence-corrected chi connectivity index (χ0v) is 13.4. The first-order valence-corrected chi connectivity index (χ1v) is 7.57. The van der Waals surface area contributed by atoms with Crippen LogP contribution in [0.4, 0.5) is 0 Å². The van der Waals surface area contributed by atoms with Gasteiger partial charge in [0, 0.05) is 11.4 Å². The summed E-state index contributed by atoms with van der Waals surface area (Å²) in [5, 5.41) is 7.32. The maximum absolute atomic E-state index is 12.2. The van der Waals surface area contributed by atoms with E-state index < -0.39 is 0 Å². The average Bonchev–Trinajstić information content (AvgIpc) is 2.90. The van der Waals surface area contributed by atoms with E-state index in [1.165, 1.54) is 0 Å². The van der Waals surface area contributed by atoms with Crippen molar-refractivity contribution in [1.29, 1.82) is 0 Å². The number of carbonyl (C=O) groups is 1. The quantitative estimate of drug-likeness (QED) is 0.801. The molecule has 1 aromatic carbocycles. The van der Waals surface area contributed by atoms with Crippen LogP contribution in [0, 0.1) is 13.8 Å². The summed E-state index contributed by atoms with van der Waals surface area (Å²) in [5.41, 5.74) is 2.90. The van der Waals surface area contributed by atoms with E-state index in [4.69, 9.17) is 0 Å². The third kappa shape index (κ3) is 3.36. The maximum atomic E-state index is 12.2. The van der Waals surface area contributed by atoms with Gasteiger partial charge in [0.25, 0.3) is 5.78 Å². The molecule has 2 heterocycles. The van der Waals surface area contributed by atoms with Gasteiger partial charge in [-0.15, -0.1) is 5.10 Å². The second-order valence-corrected chi connectivity index (χ2v) is 5.66. The predicted molar refractivity (Wildman–Crippen MR) is 87.0 cm³/mol. The van der Waals surface area contributed by atoms with E-state index in [1.807, 2.05) is 57.2 Å². The minimum absolute atomic E-state index is 0.0529. The molecule has 2 aromatic heterocycles. The molecule has 6 nitrogen and oxygen atoms in total. The summed E-state index contributed by atoms with van der Waals surface area (Å²) in [7, 11) is 0.